The van der Waals surface area contributed by atoms with E-state index in [1.165, 1.54) is 153 Å². The standard InChI is InChI=1S/C65H57N/c1-6-19-46(20-7-1)47-33-38-54(39-34-47)66(55-40-35-50(36-41-55)59-43-37-49-23-16-17-30-57(49)63(59)51-24-10-3-11-25-51)56-42-44-60-62(45-56)65(52-26-12-4-13-27-52,53-28-14-5-15-29-53)61-32-18-31-58(64(60)61)48-21-8-2-9-22-48/h3-5,10-18,23-46,48H,1-2,6-9,19-22H2. The molecule has 0 unspecified atom stereocenters. The van der Waals surface area contributed by atoms with Gasteiger partial charge in [-0.15, -0.1) is 0 Å². The van der Waals surface area contributed by atoms with Crippen molar-refractivity contribution in [2.24, 2.45) is 0 Å². The third kappa shape index (κ3) is 6.99. The highest BCUT2D eigenvalue weighted by Gasteiger charge is 2.47. The van der Waals surface area contributed by atoms with Crippen LogP contribution in [0.5, 0.6) is 0 Å². The molecule has 0 N–H and O–H groups in total. The van der Waals surface area contributed by atoms with Crippen molar-refractivity contribution in [2.45, 2.75) is 81.5 Å². The Morgan fingerprint density at radius 2 is 0.924 bits per heavy atom. The summed E-state index contributed by atoms with van der Waals surface area (Å²) in [6.07, 6.45) is 13.1. The first kappa shape index (κ1) is 40.5. The van der Waals surface area contributed by atoms with Gasteiger partial charge in [-0.2, -0.15) is 0 Å². The molecule has 9 aromatic carbocycles. The Hall–Kier alpha value is -6.96. The van der Waals surface area contributed by atoms with Crippen molar-refractivity contribution in [3.63, 3.8) is 0 Å². The molecule has 0 aromatic heterocycles. The maximum absolute atomic E-state index is 2.56. The second-order valence-electron chi connectivity index (χ2n) is 19.2. The molecule has 0 bridgehead atoms. The summed E-state index contributed by atoms with van der Waals surface area (Å²) in [7, 11) is 0. The van der Waals surface area contributed by atoms with Gasteiger partial charge in [0.15, 0.2) is 0 Å². The van der Waals surface area contributed by atoms with E-state index in [1.54, 1.807) is 0 Å². The van der Waals surface area contributed by atoms with Gasteiger partial charge in [-0.05, 0) is 151 Å². The Morgan fingerprint density at radius 3 is 1.59 bits per heavy atom. The Labute approximate surface area is 391 Å². The third-order valence-corrected chi connectivity index (χ3v) is 15.5. The molecule has 1 nitrogen and oxygen atoms in total. The van der Waals surface area contributed by atoms with Gasteiger partial charge in [0.1, 0.15) is 0 Å². The number of nitrogens with zero attached hydrogens (tertiary/aromatic N) is 1. The summed E-state index contributed by atoms with van der Waals surface area (Å²) in [5.41, 5.74) is 19.2. The lowest BCUT2D eigenvalue weighted by atomic mass is 9.67. The van der Waals surface area contributed by atoms with Crippen LogP contribution in [0, 0.1) is 0 Å². The molecule has 12 rings (SSSR count). The molecule has 0 saturated heterocycles. The first-order valence-electron chi connectivity index (χ1n) is 24.7. The van der Waals surface area contributed by atoms with E-state index in [-0.39, 0.29) is 0 Å². The molecule has 0 spiro atoms. The largest absolute Gasteiger partial charge is 0.310 e. The van der Waals surface area contributed by atoms with Gasteiger partial charge >= 0.3 is 0 Å². The number of hydrogen-bond donors (Lipinski definition) is 0. The quantitative estimate of drug-likeness (QED) is 0.140. The van der Waals surface area contributed by atoms with Gasteiger partial charge < -0.3 is 4.90 Å². The van der Waals surface area contributed by atoms with Crippen LogP contribution in [0.25, 0.3) is 44.2 Å². The molecule has 0 heterocycles. The Kier molecular flexibility index (Phi) is 10.7. The third-order valence-electron chi connectivity index (χ3n) is 15.5. The lowest BCUT2D eigenvalue weighted by molar-refractivity contribution is 0.443. The second kappa shape index (κ2) is 17.4. The van der Waals surface area contributed by atoms with E-state index in [0.29, 0.717) is 11.8 Å². The van der Waals surface area contributed by atoms with Crippen LogP contribution >= 0.6 is 0 Å². The van der Waals surface area contributed by atoms with E-state index in [1.807, 2.05) is 0 Å². The Balaban J connectivity index is 1.05. The molecule has 9 aromatic rings. The fourth-order valence-electron chi connectivity index (χ4n) is 12.4. The normalized spacial score (nSPS) is 15.9. The van der Waals surface area contributed by atoms with Gasteiger partial charge in [-0.25, -0.2) is 0 Å². The van der Waals surface area contributed by atoms with Gasteiger partial charge in [0.2, 0.25) is 0 Å². The van der Waals surface area contributed by atoms with Crippen LogP contribution < -0.4 is 4.90 Å². The predicted molar refractivity (Wildman–Crippen MR) is 278 cm³/mol. The van der Waals surface area contributed by atoms with Gasteiger partial charge in [0, 0.05) is 17.1 Å². The highest BCUT2D eigenvalue weighted by atomic mass is 15.1. The average molecular weight is 852 g/mol. The van der Waals surface area contributed by atoms with Crippen LogP contribution in [-0.2, 0) is 5.41 Å². The summed E-state index contributed by atoms with van der Waals surface area (Å²) >= 11 is 0. The summed E-state index contributed by atoms with van der Waals surface area (Å²) in [5.74, 6) is 1.22. The molecule has 1 heteroatoms. The van der Waals surface area contributed by atoms with Crippen LogP contribution in [0.2, 0.25) is 0 Å². The number of rotatable bonds is 9. The zero-order valence-electron chi connectivity index (χ0n) is 37.9. The summed E-state index contributed by atoms with van der Waals surface area (Å²) in [4.78, 5) is 2.51. The van der Waals surface area contributed by atoms with Crippen LogP contribution in [0.15, 0.2) is 212 Å². The minimum Gasteiger partial charge on any atom is -0.310 e. The molecular formula is C65H57N. The zero-order chi connectivity index (χ0) is 43.9. The van der Waals surface area contributed by atoms with Gasteiger partial charge in [0.05, 0.1) is 5.41 Å². The molecule has 3 aliphatic rings. The van der Waals surface area contributed by atoms with Crippen molar-refractivity contribution in [1.82, 2.24) is 0 Å². The van der Waals surface area contributed by atoms with Crippen LogP contribution in [-0.4, -0.2) is 0 Å². The molecule has 0 atom stereocenters. The van der Waals surface area contributed by atoms with E-state index in [4.69, 9.17) is 0 Å². The fourth-order valence-corrected chi connectivity index (χ4v) is 12.4. The number of fused-ring (bicyclic) bond motifs is 4. The number of hydrogen-bond acceptors (Lipinski definition) is 1. The average Bonchev–Trinajstić information content (AvgIpc) is 3.71. The van der Waals surface area contributed by atoms with Crippen LogP contribution in [0.1, 0.15) is 109 Å². The SMILES string of the molecule is c1ccc(-c2c(-c3ccc(N(c4ccc(C5CCCCC5)cc4)c4ccc5c(c4)C(c4ccccc4)(c4ccccc4)c4cccc(C6CCCCC6)c4-5)cc3)ccc3ccccc23)cc1. The predicted octanol–water partition coefficient (Wildman–Crippen LogP) is 18.1. The second-order valence-corrected chi connectivity index (χ2v) is 19.2. The summed E-state index contributed by atoms with van der Waals surface area (Å²) in [6, 6.07) is 80.7. The molecule has 2 saturated carbocycles. The highest BCUT2D eigenvalue weighted by molar-refractivity contribution is 6.04. The van der Waals surface area contributed by atoms with Crippen molar-refractivity contribution in [3.05, 3.63) is 246 Å². The van der Waals surface area contributed by atoms with E-state index in [0.717, 1.165) is 5.69 Å². The lowest BCUT2D eigenvalue weighted by Gasteiger charge is -2.35. The number of anilines is 3. The summed E-state index contributed by atoms with van der Waals surface area (Å²) < 4.78 is 0. The maximum atomic E-state index is 2.56. The molecule has 322 valence electrons. The molecule has 3 aliphatic carbocycles. The van der Waals surface area contributed by atoms with E-state index < -0.39 is 5.41 Å². The first-order valence-corrected chi connectivity index (χ1v) is 24.7. The number of benzene rings is 9. The van der Waals surface area contributed by atoms with Crippen LogP contribution in [0.3, 0.4) is 0 Å². The molecule has 66 heavy (non-hydrogen) atoms. The zero-order valence-corrected chi connectivity index (χ0v) is 37.9. The minimum absolute atomic E-state index is 0.488. The van der Waals surface area contributed by atoms with Gasteiger partial charge in [-0.3, -0.25) is 0 Å². The fraction of sp³-hybridized carbons (Fsp3) is 0.200. The van der Waals surface area contributed by atoms with E-state index in [9.17, 15) is 0 Å². The van der Waals surface area contributed by atoms with E-state index >= 15 is 0 Å². The molecular weight excluding hydrogens is 795 g/mol. The van der Waals surface area contributed by atoms with Crippen molar-refractivity contribution in [3.8, 4) is 33.4 Å². The Morgan fingerprint density at radius 1 is 0.364 bits per heavy atom. The highest BCUT2D eigenvalue weighted by Crippen LogP contribution is 2.59. The first-order chi connectivity index (χ1) is 32.8. The van der Waals surface area contributed by atoms with Gasteiger partial charge in [0.25, 0.3) is 0 Å². The smallest absolute Gasteiger partial charge is 0.0714 e. The summed E-state index contributed by atoms with van der Waals surface area (Å²) in [5, 5.41) is 2.53. The topological polar surface area (TPSA) is 3.24 Å². The summed E-state index contributed by atoms with van der Waals surface area (Å²) in [6.45, 7) is 0. The molecule has 0 amide bonds. The van der Waals surface area contributed by atoms with Crippen molar-refractivity contribution in [1.29, 1.82) is 0 Å². The van der Waals surface area contributed by atoms with Crippen LogP contribution in [0.4, 0.5) is 17.1 Å². The lowest BCUT2D eigenvalue weighted by Crippen LogP contribution is -2.29. The Bertz CT molecular complexity index is 3080. The molecule has 2 fully saturated rings. The van der Waals surface area contributed by atoms with Crippen molar-refractivity contribution >= 4 is 27.8 Å². The monoisotopic (exact) mass is 851 g/mol. The molecule has 0 radical (unpaired) electrons. The van der Waals surface area contributed by atoms with Gasteiger partial charge in [-0.1, -0.05) is 214 Å². The van der Waals surface area contributed by atoms with Crippen molar-refractivity contribution < 1.29 is 0 Å². The van der Waals surface area contributed by atoms with E-state index in [2.05, 4.69) is 217 Å². The molecule has 0 aliphatic heterocycles. The maximum Gasteiger partial charge on any atom is 0.0714 e. The minimum atomic E-state index is -0.488. The van der Waals surface area contributed by atoms with Crippen molar-refractivity contribution in [2.75, 3.05) is 4.90 Å².